The predicted molar refractivity (Wildman–Crippen MR) is 112 cm³/mol. The van der Waals surface area contributed by atoms with Crippen LogP contribution in [0, 0.1) is 5.92 Å². The Hall–Kier alpha value is -1.72. The third kappa shape index (κ3) is 5.38. The monoisotopic (exact) mass is 418 g/mol. The minimum absolute atomic E-state index is 0.0128. The topological polar surface area (TPSA) is 32.3 Å². The highest BCUT2D eigenvalue weighted by atomic mass is 79.9. The Bertz CT molecular complexity index is 733. The largest absolute Gasteiger partial charge is 0.347 e. The molecule has 0 saturated carbocycles. The maximum absolute atomic E-state index is 12.3. The van der Waals surface area contributed by atoms with E-state index in [2.05, 4.69) is 35.1 Å². The van der Waals surface area contributed by atoms with Crippen LogP contribution in [0.4, 0.5) is 5.69 Å². The lowest BCUT2D eigenvalue weighted by molar-refractivity contribution is -0.131. The van der Waals surface area contributed by atoms with Gasteiger partial charge in [0.15, 0.2) is 0 Å². The highest BCUT2D eigenvalue weighted by Crippen LogP contribution is 2.24. The van der Waals surface area contributed by atoms with E-state index in [9.17, 15) is 4.79 Å². The van der Waals surface area contributed by atoms with Crippen molar-refractivity contribution in [2.45, 2.75) is 33.4 Å². The van der Waals surface area contributed by atoms with E-state index in [1.807, 2.05) is 59.5 Å². The molecule has 0 aromatic heterocycles. The van der Waals surface area contributed by atoms with E-state index in [1.54, 1.807) is 6.92 Å². The Morgan fingerprint density at radius 1 is 1.12 bits per heavy atom. The van der Waals surface area contributed by atoms with E-state index < -0.39 is 0 Å². The van der Waals surface area contributed by atoms with Gasteiger partial charge in [-0.25, -0.2) is 0 Å². The summed E-state index contributed by atoms with van der Waals surface area (Å²) in [5.74, 6) is 0.203. The number of rotatable bonds is 6. The average Bonchev–Trinajstić information content (AvgIpc) is 2.57. The van der Waals surface area contributed by atoms with E-state index >= 15 is 0 Å². The molecule has 0 aliphatic heterocycles. The maximum Gasteiger partial charge on any atom is 0.220 e. The number of carbonyl (C=O) groups is 1. The standard InChI is InChI=1S/C20H23BrN2OS/c1-14(2)19(20(25)22-18-12-8-7-11-17(18)21)23(15(3)24)13-16-9-5-4-6-10-16/h4-12,14,19H,13H2,1-3H3,(H,22,25). The van der Waals surface area contributed by atoms with Gasteiger partial charge < -0.3 is 10.2 Å². The summed E-state index contributed by atoms with van der Waals surface area (Å²) in [6.07, 6.45) is 0. The number of amides is 1. The van der Waals surface area contributed by atoms with Gasteiger partial charge in [-0.1, -0.05) is 68.5 Å². The van der Waals surface area contributed by atoms with Crippen molar-refractivity contribution < 1.29 is 4.79 Å². The molecule has 1 N–H and O–H groups in total. The smallest absolute Gasteiger partial charge is 0.220 e. The molecule has 0 bridgehead atoms. The van der Waals surface area contributed by atoms with Gasteiger partial charge >= 0.3 is 0 Å². The van der Waals surface area contributed by atoms with Gasteiger partial charge in [0, 0.05) is 17.9 Å². The summed E-state index contributed by atoms with van der Waals surface area (Å²) in [5.41, 5.74) is 1.99. The minimum atomic E-state index is -0.181. The van der Waals surface area contributed by atoms with E-state index in [0.717, 1.165) is 15.7 Å². The number of nitrogens with one attached hydrogen (secondary N) is 1. The van der Waals surface area contributed by atoms with E-state index in [0.29, 0.717) is 11.5 Å². The average molecular weight is 419 g/mol. The molecule has 2 aromatic rings. The molecule has 1 unspecified atom stereocenters. The summed E-state index contributed by atoms with van der Waals surface area (Å²) in [5, 5.41) is 3.30. The molecule has 0 saturated heterocycles. The van der Waals surface area contributed by atoms with Gasteiger partial charge in [0.05, 0.1) is 11.7 Å². The van der Waals surface area contributed by atoms with Crippen molar-refractivity contribution in [3.63, 3.8) is 0 Å². The van der Waals surface area contributed by atoms with Crippen LogP contribution in [0.15, 0.2) is 59.1 Å². The van der Waals surface area contributed by atoms with Crippen LogP contribution < -0.4 is 5.32 Å². The van der Waals surface area contributed by atoms with Gasteiger partial charge in [-0.15, -0.1) is 0 Å². The molecular weight excluding hydrogens is 396 g/mol. The molecule has 0 aliphatic carbocycles. The maximum atomic E-state index is 12.3. The second kappa shape index (κ2) is 9.11. The molecule has 2 aromatic carbocycles. The molecule has 0 heterocycles. The molecule has 1 atom stereocenters. The molecule has 0 spiro atoms. The first-order chi connectivity index (χ1) is 11.9. The van der Waals surface area contributed by atoms with Crippen molar-refractivity contribution in [3.05, 3.63) is 64.6 Å². The number of halogens is 1. The van der Waals surface area contributed by atoms with Gasteiger partial charge in [-0.05, 0) is 39.5 Å². The molecule has 0 aliphatic rings. The number of anilines is 1. The number of benzene rings is 2. The van der Waals surface area contributed by atoms with Crippen LogP contribution in [0.2, 0.25) is 0 Å². The third-order valence-corrected chi connectivity index (χ3v) is 5.00. The fourth-order valence-corrected chi connectivity index (χ4v) is 3.65. The first-order valence-electron chi connectivity index (χ1n) is 8.26. The van der Waals surface area contributed by atoms with Gasteiger partial charge in [-0.2, -0.15) is 0 Å². The number of thiocarbonyl (C=S) groups is 1. The number of carbonyl (C=O) groups excluding carboxylic acids is 1. The highest BCUT2D eigenvalue weighted by Gasteiger charge is 2.28. The van der Waals surface area contributed by atoms with Crippen LogP contribution in [0.25, 0.3) is 0 Å². The number of para-hydroxylation sites is 1. The lowest BCUT2D eigenvalue weighted by Crippen LogP contribution is -2.48. The SMILES string of the molecule is CC(=O)N(Cc1ccccc1)C(C(=S)Nc1ccccc1Br)C(C)C. The van der Waals surface area contributed by atoms with Gasteiger partial charge in [-0.3, -0.25) is 4.79 Å². The molecule has 0 radical (unpaired) electrons. The summed E-state index contributed by atoms with van der Waals surface area (Å²) < 4.78 is 0.942. The fourth-order valence-electron chi connectivity index (χ4n) is 2.76. The van der Waals surface area contributed by atoms with Crippen molar-refractivity contribution in [1.29, 1.82) is 0 Å². The molecule has 25 heavy (non-hydrogen) atoms. The highest BCUT2D eigenvalue weighted by molar-refractivity contribution is 9.10. The van der Waals surface area contributed by atoms with Crippen LogP contribution in [0.5, 0.6) is 0 Å². The Balaban J connectivity index is 2.25. The van der Waals surface area contributed by atoms with E-state index in [-0.39, 0.29) is 17.9 Å². The third-order valence-electron chi connectivity index (χ3n) is 3.97. The Kier molecular flexibility index (Phi) is 7.14. The van der Waals surface area contributed by atoms with Crippen molar-refractivity contribution in [1.82, 2.24) is 4.90 Å². The number of nitrogens with zero attached hydrogens (tertiary/aromatic N) is 1. The molecule has 5 heteroatoms. The van der Waals surface area contributed by atoms with Crippen molar-refractivity contribution in [2.24, 2.45) is 5.92 Å². The second-order valence-corrected chi connectivity index (χ2v) is 7.58. The lowest BCUT2D eigenvalue weighted by atomic mass is 10.0. The van der Waals surface area contributed by atoms with Crippen LogP contribution in [0.1, 0.15) is 26.3 Å². The van der Waals surface area contributed by atoms with Crippen molar-refractivity contribution in [3.8, 4) is 0 Å². The minimum Gasteiger partial charge on any atom is -0.347 e. The fraction of sp³-hybridized carbons (Fsp3) is 0.300. The first-order valence-corrected chi connectivity index (χ1v) is 9.46. The molecule has 2 rings (SSSR count). The zero-order valence-electron chi connectivity index (χ0n) is 14.7. The van der Waals surface area contributed by atoms with Crippen molar-refractivity contribution >= 4 is 44.7 Å². The summed E-state index contributed by atoms with van der Waals surface area (Å²) in [6, 6.07) is 17.6. The predicted octanol–water partition coefficient (Wildman–Crippen LogP) is 5.26. The second-order valence-electron chi connectivity index (χ2n) is 6.29. The molecule has 3 nitrogen and oxygen atoms in total. The zero-order chi connectivity index (χ0) is 18.4. The summed E-state index contributed by atoms with van der Waals surface area (Å²) >= 11 is 9.21. The Labute approximate surface area is 163 Å². The van der Waals surface area contributed by atoms with Gasteiger partial charge in [0.1, 0.15) is 4.99 Å². The first kappa shape index (κ1) is 19.6. The van der Waals surface area contributed by atoms with E-state index in [4.69, 9.17) is 12.2 Å². The molecule has 1 amide bonds. The normalized spacial score (nSPS) is 11.9. The molecule has 132 valence electrons. The molecular formula is C20H23BrN2OS. The van der Waals surface area contributed by atoms with Crippen LogP contribution in [0.3, 0.4) is 0 Å². The Morgan fingerprint density at radius 2 is 1.72 bits per heavy atom. The van der Waals surface area contributed by atoms with Gasteiger partial charge in [0.2, 0.25) is 5.91 Å². The van der Waals surface area contributed by atoms with Crippen LogP contribution in [-0.2, 0) is 11.3 Å². The number of hydrogen-bond acceptors (Lipinski definition) is 2. The Morgan fingerprint density at radius 3 is 2.28 bits per heavy atom. The summed E-state index contributed by atoms with van der Waals surface area (Å²) in [4.78, 5) is 14.8. The quantitative estimate of drug-likeness (QED) is 0.649. The van der Waals surface area contributed by atoms with Crippen LogP contribution >= 0.6 is 28.1 Å². The van der Waals surface area contributed by atoms with Crippen LogP contribution in [-0.4, -0.2) is 21.8 Å². The van der Waals surface area contributed by atoms with E-state index in [1.165, 1.54) is 0 Å². The number of hydrogen-bond donors (Lipinski definition) is 1. The van der Waals surface area contributed by atoms with Gasteiger partial charge in [0.25, 0.3) is 0 Å². The summed E-state index contributed by atoms with van der Waals surface area (Å²) in [6.45, 7) is 6.30. The lowest BCUT2D eigenvalue weighted by Gasteiger charge is -2.34. The zero-order valence-corrected chi connectivity index (χ0v) is 17.1. The molecule has 0 fully saturated rings. The van der Waals surface area contributed by atoms with Crippen molar-refractivity contribution in [2.75, 3.05) is 5.32 Å². The summed E-state index contributed by atoms with van der Waals surface area (Å²) in [7, 11) is 0.